The van der Waals surface area contributed by atoms with Gasteiger partial charge in [0.1, 0.15) is 5.82 Å². The van der Waals surface area contributed by atoms with E-state index in [9.17, 15) is 9.65 Å². The predicted octanol–water partition coefficient (Wildman–Crippen LogP) is 31.1. The van der Waals surface area contributed by atoms with Gasteiger partial charge in [0.25, 0.3) is 0 Å². The van der Waals surface area contributed by atoms with Crippen molar-refractivity contribution in [1.82, 2.24) is 0 Å². The Balaban J connectivity index is 0.659. The third-order valence-corrected chi connectivity index (χ3v) is 25.8. The first-order valence-electron chi connectivity index (χ1n) is 37.3. The SMILES string of the molecule is N#Cc1ccc(N(c2ccc(-c3cccc4c3ccc3sc5cc(N(c6ccccc6)c6ccc(F)cc6)c6ccccc6c5c34)cc2)c2cc3sc4ccc5c(-c6cccc(N(c7ccc(-c8ccccc8)cc7)c7cc8sc9ccc%10ccccc%10c9c8c8ccccc78)c6)cccc5c4c3c3ccccc23)cc1. The maximum atomic E-state index is 14.5. The second kappa shape index (κ2) is 26.0. The van der Waals surface area contributed by atoms with Crippen molar-refractivity contribution in [3.05, 3.63) is 381 Å². The molecule has 22 aromatic rings. The lowest BCUT2D eigenvalue weighted by Gasteiger charge is -2.28. The van der Waals surface area contributed by atoms with Crippen molar-refractivity contribution in [3.63, 3.8) is 0 Å². The minimum absolute atomic E-state index is 0.269. The topological polar surface area (TPSA) is 33.5 Å². The first kappa shape index (κ1) is 64.4. The van der Waals surface area contributed by atoms with Crippen LogP contribution in [0.4, 0.5) is 55.6 Å². The number of rotatable bonds is 12. The second-order valence-corrected chi connectivity index (χ2v) is 31.8. The summed E-state index contributed by atoms with van der Waals surface area (Å²) >= 11 is 5.53. The number of fused-ring (bicyclic) bond motifs is 21. The average Bonchev–Trinajstić information content (AvgIpc) is 1.60. The smallest absolute Gasteiger partial charge is 0.123 e. The Morgan fingerprint density at radius 3 is 1.06 bits per heavy atom. The van der Waals surface area contributed by atoms with Crippen LogP contribution >= 0.6 is 34.0 Å². The fraction of sp³-hybridized carbons (Fsp3) is 0. The first-order valence-corrected chi connectivity index (χ1v) is 39.8. The molecule has 0 amide bonds. The summed E-state index contributed by atoms with van der Waals surface area (Å²) in [5.74, 6) is -0.269. The van der Waals surface area contributed by atoms with E-state index < -0.39 is 0 Å². The van der Waals surface area contributed by atoms with Gasteiger partial charge in [-0.15, -0.1) is 34.0 Å². The zero-order chi connectivity index (χ0) is 73.4. The Morgan fingerprint density at radius 2 is 0.559 bits per heavy atom. The number of hydrogen-bond donors (Lipinski definition) is 0. The lowest BCUT2D eigenvalue weighted by atomic mass is 9.93. The summed E-state index contributed by atoms with van der Waals surface area (Å²) in [5, 5.41) is 32.0. The largest absolute Gasteiger partial charge is 0.310 e. The minimum Gasteiger partial charge on any atom is -0.310 e. The fourth-order valence-corrected chi connectivity index (χ4v) is 21.1. The molecule has 0 aliphatic rings. The Kier molecular flexibility index (Phi) is 15.1. The second-order valence-electron chi connectivity index (χ2n) is 28.6. The fourth-order valence-electron chi connectivity index (χ4n) is 17.5. The van der Waals surface area contributed by atoms with E-state index in [0.717, 1.165) is 84.0 Å². The zero-order valence-electron chi connectivity index (χ0n) is 59.6. The summed E-state index contributed by atoms with van der Waals surface area (Å²) in [5.41, 5.74) is 16.7. The van der Waals surface area contributed by atoms with Crippen LogP contribution in [0.15, 0.2) is 370 Å². The van der Waals surface area contributed by atoms with E-state index in [1.807, 2.05) is 64.3 Å². The van der Waals surface area contributed by atoms with Crippen LogP contribution in [0.1, 0.15) is 5.56 Å². The Labute approximate surface area is 650 Å². The number of hydrogen-bond acceptors (Lipinski definition) is 7. The number of nitriles is 1. The van der Waals surface area contributed by atoms with E-state index in [-0.39, 0.29) is 5.82 Å². The van der Waals surface area contributed by atoms with Crippen LogP contribution in [0, 0.1) is 17.1 Å². The van der Waals surface area contributed by atoms with Gasteiger partial charge in [-0.1, -0.05) is 237 Å². The molecule has 0 atom stereocenters. The van der Waals surface area contributed by atoms with Crippen molar-refractivity contribution in [3.8, 4) is 39.4 Å². The van der Waals surface area contributed by atoms with Gasteiger partial charge in [-0.3, -0.25) is 0 Å². The van der Waals surface area contributed by atoms with Gasteiger partial charge in [-0.05, 0) is 215 Å². The molecule has 0 saturated heterocycles. The number of halogens is 1. The van der Waals surface area contributed by atoms with E-state index in [4.69, 9.17) is 0 Å². The molecule has 0 aliphatic heterocycles. The summed E-state index contributed by atoms with van der Waals surface area (Å²) < 4.78 is 21.9. The third kappa shape index (κ3) is 10.5. The van der Waals surface area contributed by atoms with Crippen molar-refractivity contribution in [2.45, 2.75) is 0 Å². The highest BCUT2D eigenvalue weighted by Gasteiger charge is 2.27. The number of nitrogens with zero attached hydrogens (tertiary/aromatic N) is 4. The molecule has 0 unspecified atom stereocenters. The molecule has 0 aliphatic carbocycles. The van der Waals surface area contributed by atoms with Gasteiger partial charge in [0.15, 0.2) is 0 Å². The van der Waals surface area contributed by atoms with Gasteiger partial charge >= 0.3 is 0 Å². The zero-order valence-corrected chi connectivity index (χ0v) is 62.1. The molecule has 8 heteroatoms. The van der Waals surface area contributed by atoms with Crippen LogP contribution in [0.2, 0.25) is 0 Å². The lowest BCUT2D eigenvalue weighted by Crippen LogP contribution is -2.10. The summed E-state index contributed by atoms with van der Waals surface area (Å²) in [7, 11) is 0. The summed E-state index contributed by atoms with van der Waals surface area (Å²) in [6.07, 6.45) is 0. The highest BCUT2D eigenvalue weighted by atomic mass is 32.1. The van der Waals surface area contributed by atoms with Crippen LogP contribution in [-0.4, -0.2) is 0 Å². The molecule has 0 radical (unpaired) electrons. The monoisotopic (exact) mass is 1470 g/mol. The molecule has 19 aromatic carbocycles. The Morgan fingerprint density at radius 1 is 0.225 bits per heavy atom. The Hall–Kier alpha value is -13.8. The molecule has 3 aromatic heterocycles. The molecule has 0 saturated carbocycles. The molecule has 111 heavy (non-hydrogen) atoms. The van der Waals surface area contributed by atoms with E-state index in [2.05, 4.69) is 348 Å². The number of thiophene rings is 3. The van der Waals surface area contributed by atoms with Crippen LogP contribution in [0.3, 0.4) is 0 Å². The molecule has 4 nitrogen and oxygen atoms in total. The van der Waals surface area contributed by atoms with Crippen molar-refractivity contribution in [1.29, 1.82) is 5.26 Å². The quantitative estimate of drug-likeness (QED) is 0.122. The van der Waals surface area contributed by atoms with Crippen LogP contribution in [-0.2, 0) is 0 Å². The maximum Gasteiger partial charge on any atom is 0.123 e. The highest BCUT2D eigenvalue weighted by Crippen LogP contribution is 2.54. The van der Waals surface area contributed by atoms with E-state index in [0.29, 0.717) is 5.56 Å². The number of para-hydroxylation sites is 1. The minimum atomic E-state index is -0.269. The molecular formula is C103H61FN4S3. The highest BCUT2D eigenvalue weighted by molar-refractivity contribution is 7.27. The van der Waals surface area contributed by atoms with E-state index in [1.165, 1.54) is 138 Å². The molecular weight excluding hydrogens is 1410 g/mol. The summed E-state index contributed by atoms with van der Waals surface area (Å²) in [4.78, 5) is 7.08. The molecule has 0 bridgehead atoms. The molecule has 22 rings (SSSR count). The standard InChI is InChI=1S/C103H61FN4S3/c104-69-43-51-74(52-44-69)106(70-22-5-2-6-23-70)89-59-96-102(87-30-13-9-26-81(87)89)99-84-34-16-32-76(79(84)53-56-93(99)110-96)67-40-49-72(50-41-67)107(71-45-36-63(62-105)37-46-71)90-60-97-103(88-31-14-10-27-82(88)90)100-85-35-17-33-77(80(85)54-57-94(100)111-97)68-21-15-24-75(58-68)108(73-47-38-65(39-48-73)64-18-3-1-4-19-64)91-61-95-101(86-29-12-11-28-83(86)91)98-78-25-8-7-20-66(78)42-55-92(98)109-95/h1-61H. The van der Waals surface area contributed by atoms with Gasteiger partial charge in [-0.25, -0.2) is 4.39 Å². The molecule has 518 valence electrons. The molecule has 3 heterocycles. The molecule has 0 fully saturated rings. The van der Waals surface area contributed by atoms with Crippen molar-refractivity contribution >= 4 is 210 Å². The van der Waals surface area contributed by atoms with Crippen LogP contribution < -0.4 is 14.7 Å². The van der Waals surface area contributed by atoms with E-state index >= 15 is 0 Å². The Bertz CT molecular complexity index is 7590. The van der Waals surface area contributed by atoms with Crippen molar-refractivity contribution < 1.29 is 4.39 Å². The lowest BCUT2D eigenvalue weighted by molar-refractivity contribution is 0.628. The first-order chi connectivity index (χ1) is 54.9. The normalized spacial score (nSPS) is 11.8. The van der Waals surface area contributed by atoms with Gasteiger partial charge < -0.3 is 14.7 Å². The molecule has 0 N–H and O–H groups in total. The van der Waals surface area contributed by atoms with Gasteiger partial charge in [0.05, 0.1) is 28.7 Å². The van der Waals surface area contributed by atoms with Crippen LogP contribution in [0.5, 0.6) is 0 Å². The number of benzene rings is 19. The summed E-state index contributed by atoms with van der Waals surface area (Å²) in [6.45, 7) is 0. The number of anilines is 9. The predicted molar refractivity (Wildman–Crippen MR) is 475 cm³/mol. The van der Waals surface area contributed by atoms with Gasteiger partial charge in [0.2, 0.25) is 0 Å². The van der Waals surface area contributed by atoms with Crippen molar-refractivity contribution in [2.24, 2.45) is 0 Å². The molecule has 0 spiro atoms. The summed E-state index contributed by atoms with van der Waals surface area (Å²) in [6, 6.07) is 135. The van der Waals surface area contributed by atoms with Gasteiger partial charge in [0, 0.05) is 111 Å². The van der Waals surface area contributed by atoms with Gasteiger partial charge in [-0.2, -0.15) is 5.26 Å². The maximum absolute atomic E-state index is 14.5. The third-order valence-electron chi connectivity index (χ3n) is 22.5. The van der Waals surface area contributed by atoms with Crippen LogP contribution in [0.25, 0.3) is 159 Å². The van der Waals surface area contributed by atoms with Crippen molar-refractivity contribution in [2.75, 3.05) is 14.7 Å². The van der Waals surface area contributed by atoms with E-state index in [1.54, 1.807) is 0 Å². The average molecular weight is 1470 g/mol.